The van der Waals surface area contributed by atoms with Crippen LogP contribution in [-0.2, 0) is 4.79 Å². The van der Waals surface area contributed by atoms with E-state index in [9.17, 15) is 4.79 Å². The maximum absolute atomic E-state index is 12.1. The average Bonchev–Trinajstić information content (AvgIpc) is 2.42. The van der Waals surface area contributed by atoms with E-state index in [2.05, 4.69) is 40.3 Å². The van der Waals surface area contributed by atoms with Crippen molar-refractivity contribution in [2.24, 2.45) is 5.73 Å². The van der Waals surface area contributed by atoms with Crippen LogP contribution in [0.3, 0.4) is 0 Å². The molecule has 1 aromatic rings. The van der Waals surface area contributed by atoms with E-state index in [0.717, 1.165) is 17.3 Å². The Balaban J connectivity index is 1.85. The molecule has 1 fully saturated rings. The molecule has 0 aliphatic heterocycles. The first-order chi connectivity index (χ1) is 9.56. The van der Waals surface area contributed by atoms with Gasteiger partial charge in [0.25, 0.3) is 0 Å². The van der Waals surface area contributed by atoms with Crippen LogP contribution in [0.25, 0.3) is 0 Å². The second kappa shape index (κ2) is 7.23. The van der Waals surface area contributed by atoms with Crippen molar-refractivity contribution in [3.63, 3.8) is 0 Å². The number of carbonyl (C=O) groups excluding carboxylic acids is 1. The molecule has 3 nitrogen and oxygen atoms in total. The van der Waals surface area contributed by atoms with E-state index in [1.54, 1.807) is 0 Å². The van der Waals surface area contributed by atoms with Crippen molar-refractivity contribution < 1.29 is 4.79 Å². The van der Waals surface area contributed by atoms with Crippen molar-refractivity contribution in [3.8, 4) is 0 Å². The number of benzene rings is 1. The lowest BCUT2D eigenvalue weighted by atomic mass is 9.90. The topological polar surface area (TPSA) is 55.1 Å². The van der Waals surface area contributed by atoms with Gasteiger partial charge in [0.05, 0.1) is 0 Å². The number of hydrogen-bond donors (Lipinski definition) is 2. The van der Waals surface area contributed by atoms with Crippen LogP contribution in [0.4, 0.5) is 0 Å². The summed E-state index contributed by atoms with van der Waals surface area (Å²) in [5.41, 5.74) is 7.26. The fraction of sp³-hybridized carbons (Fsp3) is 0.562. The third kappa shape index (κ3) is 4.32. The molecule has 2 rings (SSSR count). The Hall–Kier alpha value is -0.870. The number of carbonyl (C=O) groups is 1. The standard InChI is InChI=1S/C16H23BrN2O/c1-11(12-6-8-13(17)9-7-12)10-16(20)19-15-5-3-2-4-14(15)18/h6-9,11,14-15H,2-5,10,18H2,1H3,(H,19,20)/t11?,14-,15-/m1/s1. The van der Waals surface area contributed by atoms with Crippen molar-refractivity contribution in [1.29, 1.82) is 0 Å². The maximum Gasteiger partial charge on any atom is 0.220 e. The van der Waals surface area contributed by atoms with Crippen LogP contribution in [0, 0.1) is 0 Å². The Bertz CT molecular complexity index is 446. The van der Waals surface area contributed by atoms with Crippen LogP contribution in [0.5, 0.6) is 0 Å². The summed E-state index contributed by atoms with van der Waals surface area (Å²) in [5, 5.41) is 3.11. The van der Waals surface area contributed by atoms with E-state index in [0.29, 0.717) is 6.42 Å². The lowest BCUT2D eigenvalue weighted by Crippen LogP contribution is -2.49. The highest BCUT2D eigenvalue weighted by Crippen LogP contribution is 2.22. The summed E-state index contributed by atoms with van der Waals surface area (Å²) in [4.78, 5) is 12.1. The third-order valence-electron chi connectivity index (χ3n) is 4.10. The largest absolute Gasteiger partial charge is 0.352 e. The van der Waals surface area contributed by atoms with Crippen LogP contribution in [-0.4, -0.2) is 18.0 Å². The molecule has 0 bridgehead atoms. The Morgan fingerprint density at radius 2 is 2.00 bits per heavy atom. The predicted molar refractivity (Wildman–Crippen MR) is 85.5 cm³/mol. The highest BCUT2D eigenvalue weighted by Gasteiger charge is 2.23. The summed E-state index contributed by atoms with van der Waals surface area (Å²) in [7, 11) is 0. The lowest BCUT2D eigenvalue weighted by molar-refractivity contribution is -0.122. The fourth-order valence-electron chi connectivity index (χ4n) is 2.79. The van der Waals surface area contributed by atoms with Gasteiger partial charge in [-0.25, -0.2) is 0 Å². The minimum Gasteiger partial charge on any atom is -0.352 e. The minimum atomic E-state index is 0.114. The zero-order chi connectivity index (χ0) is 14.5. The van der Waals surface area contributed by atoms with E-state index in [1.807, 2.05) is 12.1 Å². The van der Waals surface area contributed by atoms with E-state index >= 15 is 0 Å². The molecule has 1 aliphatic rings. The Labute approximate surface area is 129 Å². The molecule has 3 N–H and O–H groups in total. The Kier molecular flexibility index (Phi) is 5.61. The monoisotopic (exact) mass is 338 g/mol. The number of nitrogens with one attached hydrogen (secondary N) is 1. The van der Waals surface area contributed by atoms with Gasteiger partial charge in [-0.2, -0.15) is 0 Å². The van der Waals surface area contributed by atoms with E-state index in [1.165, 1.54) is 18.4 Å². The normalized spacial score (nSPS) is 24.1. The Morgan fingerprint density at radius 3 is 2.65 bits per heavy atom. The molecule has 1 saturated carbocycles. The number of nitrogens with two attached hydrogens (primary N) is 1. The smallest absolute Gasteiger partial charge is 0.220 e. The SMILES string of the molecule is CC(CC(=O)N[C@@H]1CCCC[C@H]1N)c1ccc(Br)cc1. The van der Waals surface area contributed by atoms with Crippen molar-refractivity contribution in [3.05, 3.63) is 34.3 Å². The van der Waals surface area contributed by atoms with Gasteiger partial charge in [-0.05, 0) is 36.5 Å². The number of rotatable bonds is 4. The maximum atomic E-state index is 12.1. The van der Waals surface area contributed by atoms with Crippen molar-refractivity contribution in [2.75, 3.05) is 0 Å². The van der Waals surface area contributed by atoms with Crippen molar-refractivity contribution in [1.82, 2.24) is 5.32 Å². The Morgan fingerprint density at radius 1 is 1.35 bits per heavy atom. The molecule has 20 heavy (non-hydrogen) atoms. The molecule has 4 heteroatoms. The molecule has 1 amide bonds. The highest BCUT2D eigenvalue weighted by molar-refractivity contribution is 9.10. The van der Waals surface area contributed by atoms with Gasteiger partial charge in [-0.3, -0.25) is 4.79 Å². The molecular weight excluding hydrogens is 316 g/mol. The van der Waals surface area contributed by atoms with Gasteiger partial charge >= 0.3 is 0 Å². The van der Waals surface area contributed by atoms with Crippen LogP contribution in [0.1, 0.15) is 50.5 Å². The average molecular weight is 339 g/mol. The first kappa shape index (κ1) is 15.5. The zero-order valence-electron chi connectivity index (χ0n) is 11.9. The number of hydrogen-bond acceptors (Lipinski definition) is 2. The molecule has 1 unspecified atom stereocenters. The van der Waals surface area contributed by atoms with Crippen molar-refractivity contribution >= 4 is 21.8 Å². The van der Waals surface area contributed by atoms with Crippen molar-refractivity contribution in [2.45, 2.75) is 57.0 Å². The van der Waals surface area contributed by atoms with Gasteiger partial charge in [0.2, 0.25) is 5.91 Å². The van der Waals surface area contributed by atoms with Gasteiger partial charge in [-0.15, -0.1) is 0 Å². The lowest BCUT2D eigenvalue weighted by Gasteiger charge is -2.29. The molecule has 1 aromatic carbocycles. The van der Waals surface area contributed by atoms with E-state index in [4.69, 9.17) is 5.73 Å². The summed E-state index contributed by atoms with van der Waals surface area (Å²) in [6.07, 6.45) is 4.90. The second-order valence-electron chi connectivity index (χ2n) is 5.78. The second-order valence-corrected chi connectivity index (χ2v) is 6.69. The van der Waals surface area contributed by atoms with Gasteiger partial charge in [0.1, 0.15) is 0 Å². The molecule has 0 saturated heterocycles. The van der Waals surface area contributed by atoms with Gasteiger partial charge in [0, 0.05) is 23.0 Å². The predicted octanol–water partition coefficient (Wildman–Crippen LogP) is 3.33. The number of halogens is 1. The molecule has 3 atom stereocenters. The molecular formula is C16H23BrN2O. The van der Waals surface area contributed by atoms with Gasteiger partial charge < -0.3 is 11.1 Å². The van der Waals surface area contributed by atoms with Crippen LogP contribution in [0.2, 0.25) is 0 Å². The summed E-state index contributed by atoms with van der Waals surface area (Å²) >= 11 is 3.42. The van der Waals surface area contributed by atoms with Crippen LogP contribution < -0.4 is 11.1 Å². The van der Waals surface area contributed by atoms with Crippen LogP contribution in [0.15, 0.2) is 28.7 Å². The molecule has 110 valence electrons. The molecule has 0 heterocycles. The minimum absolute atomic E-state index is 0.114. The quantitative estimate of drug-likeness (QED) is 0.884. The summed E-state index contributed by atoms with van der Waals surface area (Å²) < 4.78 is 1.06. The van der Waals surface area contributed by atoms with E-state index in [-0.39, 0.29) is 23.9 Å². The molecule has 0 radical (unpaired) electrons. The van der Waals surface area contributed by atoms with Crippen LogP contribution >= 0.6 is 15.9 Å². The molecule has 0 aromatic heterocycles. The fourth-order valence-corrected chi connectivity index (χ4v) is 3.06. The summed E-state index contributed by atoms with van der Waals surface area (Å²) in [6.45, 7) is 2.09. The molecule has 0 spiro atoms. The zero-order valence-corrected chi connectivity index (χ0v) is 13.5. The summed E-state index contributed by atoms with van der Waals surface area (Å²) in [6, 6.07) is 8.44. The van der Waals surface area contributed by atoms with E-state index < -0.39 is 0 Å². The highest BCUT2D eigenvalue weighted by atomic mass is 79.9. The molecule has 1 aliphatic carbocycles. The first-order valence-electron chi connectivity index (χ1n) is 7.36. The summed E-state index contributed by atoms with van der Waals surface area (Å²) in [5.74, 6) is 0.339. The number of amides is 1. The van der Waals surface area contributed by atoms with Gasteiger partial charge in [0.15, 0.2) is 0 Å². The van der Waals surface area contributed by atoms with Gasteiger partial charge in [-0.1, -0.05) is 47.8 Å². The third-order valence-corrected chi connectivity index (χ3v) is 4.63. The first-order valence-corrected chi connectivity index (χ1v) is 8.16.